The summed E-state index contributed by atoms with van der Waals surface area (Å²) in [5.41, 5.74) is 1.39. The standard InChI is InChI=1S/C20H34OSi/c1-20(2,3)22(4,5)21-18-14-9-7-6-8-11-15-19-16-12-10-13-17-19/h8,10-13,16-17H,6-7,9,14-15,18H2,1-5H3/b11-8+. The third kappa shape index (κ3) is 7.41. The Hall–Kier alpha value is -0.863. The molecule has 0 N–H and O–H groups in total. The average Bonchev–Trinajstić information content (AvgIpc) is 2.45. The Bertz CT molecular complexity index is 429. The van der Waals surface area contributed by atoms with Crippen LogP contribution in [-0.2, 0) is 10.8 Å². The van der Waals surface area contributed by atoms with Gasteiger partial charge in [-0.3, -0.25) is 0 Å². The highest BCUT2D eigenvalue weighted by atomic mass is 28.4. The van der Waals surface area contributed by atoms with Crippen LogP contribution < -0.4 is 0 Å². The van der Waals surface area contributed by atoms with E-state index in [9.17, 15) is 0 Å². The normalized spacial score (nSPS) is 13.0. The molecular weight excluding hydrogens is 284 g/mol. The van der Waals surface area contributed by atoms with Crippen molar-refractivity contribution >= 4 is 8.32 Å². The smallest absolute Gasteiger partial charge is 0.191 e. The van der Waals surface area contributed by atoms with Crippen molar-refractivity contribution in [1.82, 2.24) is 0 Å². The number of benzene rings is 1. The molecule has 1 nitrogen and oxygen atoms in total. The fourth-order valence-electron chi connectivity index (χ4n) is 2.04. The molecule has 0 unspecified atom stereocenters. The van der Waals surface area contributed by atoms with E-state index in [1.807, 2.05) is 0 Å². The molecule has 0 fully saturated rings. The second-order valence-electron chi connectivity index (χ2n) is 7.62. The summed E-state index contributed by atoms with van der Waals surface area (Å²) in [6.07, 6.45) is 10.6. The van der Waals surface area contributed by atoms with Crippen LogP contribution in [0.4, 0.5) is 0 Å². The zero-order valence-corrected chi connectivity index (χ0v) is 16.2. The van der Waals surface area contributed by atoms with Gasteiger partial charge in [0.25, 0.3) is 0 Å². The first kappa shape index (κ1) is 19.2. The molecule has 0 aliphatic heterocycles. The Morgan fingerprint density at radius 1 is 0.955 bits per heavy atom. The largest absolute Gasteiger partial charge is 0.417 e. The third-order valence-corrected chi connectivity index (χ3v) is 9.19. The van der Waals surface area contributed by atoms with Crippen molar-refractivity contribution in [2.24, 2.45) is 0 Å². The van der Waals surface area contributed by atoms with Crippen molar-refractivity contribution in [2.45, 2.75) is 71.0 Å². The summed E-state index contributed by atoms with van der Waals surface area (Å²) in [7, 11) is -1.54. The number of rotatable bonds is 9. The van der Waals surface area contributed by atoms with Gasteiger partial charge in [0, 0.05) is 6.61 Å². The number of unbranched alkanes of at least 4 members (excludes halogenated alkanes) is 3. The van der Waals surface area contributed by atoms with Crippen LogP contribution >= 0.6 is 0 Å². The van der Waals surface area contributed by atoms with Gasteiger partial charge in [-0.15, -0.1) is 0 Å². The first-order valence-electron chi connectivity index (χ1n) is 8.66. The zero-order valence-electron chi connectivity index (χ0n) is 15.2. The van der Waals surface area contributed by atoms with Crippen LogP contribution in [0.3, 0.4) is 0 Å². The van der Waals surface area contributed by atoms with Gasteiger partial charge in [0.1, 0.15) is 0 Å². The Balaban J connectivity index is 2.04. The monoisotopic (exact) mass is 318 g/mol. The van der Waals surface area contributed by atoms with E-state index >= 15 is 0 Å². The van der Waals surface area contributed by atoms with Gasteiger partial charge in [-0.1, -0.05) is 69.7 Å². The Labute approximate surface area is 138 Å². The summed E-state index contributed by atoms with van der Waals surface area (Å²) in [6.45, 7) is 12.5. The van der Waals surface area contributed by atoms with E-state index in [0.29, 0.717) is 5.04 Å². The molecule has 22 heavy (non-hydrogen) atoms. The highest BCUT2D eigenvalue weighted by Crippen LogP contribution is 2.36. The Morgan fingerprint density at radius 3 is 2.27 bits per heavy atom. The van der Waals surface area contributed by atoms with Crippen LogP contribution in [0.2, 0.25) is 18.1 Å². The molecule has 0 aliphatic carbocycles. The number of hydrogen-bond acceptors (Lipinski definition) is 1. The van der Waals surface area contributed by atoms with Gasteiger partial charge in [-0.2, -0.15) is 0 Å². The maximum atomic E-state index is 6.20. The van der Waals surface area contributed by atoms with Crippen LogP contribution in [0.5, 0.6) is 0 Å². The lowest BCUT2D eigenvalue weighted by atomic mass is 10.1. The molecule has 0 amide bonds. The predicted octanol–water partition coefficient (Wildman–Crippen LogP) is 6.37. The molecule has 1 aromatic rings. The van der Waals surface area contributed by atoms with Crippen molar-refractivity contribution in [1.29, 1.82) is 0 Å². The first-order chi connectivity index (χ1) is 10.3. The van der Waals surface area contributed by atoms with Crippen LogP contribution in [0.15, 0.2) is 42.5 Å². The van der Waals surface area contributed by atoms with E-state index in [-0.39, 0.29) is 0 Å². The molecule has 2 heteroatoms. The molecule has 124 valence electrons. The van der Waals surface area contributed by atoms with Gasteiger partial charge in [0.15, 0.2) is 8.32 Å². The molecule has 0 saturated carbocycles. The van der Waals surface area contributed by atoms with E-state index in [0.717, 1.165) is 13.0 Å². The third-order valence-electron chi connectivity index (χ3n) is 4.65. The highest BCUT2D eigenvalue weighted by molar-refractivity contribution is 6.74. The molecule has 0 radical (unpaired) electrons. The van der Waals surface area contributed by atoms with E-state index in [1.165, 1.54) is 31.2 Å². The maximum absolute atomic E-state index is 6.20. The summed E-state index contributed by atoms with van der Waals surface area (Å²) < 4.78 is 6.20. The molecule has 0 aliphatic rings. The summed E-state index contributed by atoms with van der Waals surface area (Å²) in [6, 6.07) is 10.6. The quantitative estimate of drug-likeness (QED) is 0.292. The first-order valence-corrected chi connectivity index (χ1v) is 11.6. The number of allylic oxidation sites excluding steroid dienone is 2. The van der Waals surface area contributed by atoms with E-state index in [1.54, 1.807) is 0 Å². The van der Waals surface area contributed by atoms with Crippen LogP contribution in [0.1, 0.15) is 52.0 Å². The van der Waals surface area contributed by atoms with E-state index in [2.05, 4.69) is 76.3 Å². The molecular formula is C20H34OSi. The van der Waals surface area contributed by atoms with Crippen LogP contribution in [0, 0.1) is 0 Å². The average molecular weight is 319 g/mol. The van der Waals surface area contributed by atoms with Gasteiger partial charge in [0.05, 0.1) is 0 Å². The number of hydrogen-bond donors (Lipinski definition) is 0. The summed E-state index contributed by atoms with van der Waals surface area (Å²) in [4.78, 5) is 0. The topological polar surface area (TPSA) is 9.23 Å². The van der Waals surface area contributed by atoms with Crippen LogP contribution in [0.25, 0.3) is 0 Å². The molecule has 0 atom stereocenters. The lowest BCUT2D eigenvalue weighted by Gasteiger charge is -2.36. The van der Waals surface area contributed by atoms with E-state index < -0.39 is 8.32 Å². The molecule has 1 aromatic carbocycles. The van der Waals surface area contributed by atoms with Gasteiger partial charge in [-0.25, -0.2) is 0 Å². The van der Waals surface area contributed by atoms with Crippen molar-refractivity contribution in [2.75, 3.05) is 6.61 Å². The SMILES string of the molecule is CC(C)(C)[Si](C)(C)OCCCCC/C=C/Cc1ccccc1. The van der Waals surface area contributed by atoms with Crippen LogP contribution in [-0.4, -0.2) is 14.9 Å². The zero-order chi connectivity index (χ0) is 16.5. The van der Waals surface area contributed by atoms with Crippen molar-refractivity contribution in [3.8, 4) is 0 Å². The molecule has 0 bridgehead atoms. The fourth-order valence-corrected chi connectivity index (χ4v) is 3.12. The maximum Gasteiger partial charge on any atom is 0.191 e. The molecule has 1 rings (SSSR count). The van der Waals surface area contributed by atoms with Crippen molar-refractivity contribution < 1.29 is 4.43 Å². The second-order valence-corrected chi connectivity index (χ2v) is 12.4. The minimum atomic E-state index is -1.54. The molecule has 0 heterocycles. The second kappa shape index (κ2) is 9.31. The predicted molar refractivity (Wildman–Crippen MR) is 101 cm³/mol. The summed E-state index contributed by atoms with van der Waals surface area (Å²) in [5.74, 6) is 0. The van der Waals surface area contributed by atoms with Crippen molar-refractivity contribution in [3.05, 3.63) is 48.0 Å². The molecule has 0 saturated heterocycles. The minimum absolute atomic E-state index is 0.327. The van der Waals surface area contributed by atoms with E-state index in [4.69, 9.17) is 4.43 Å². The van der Waals surface area contributed by atoms with Gasteiger partial charge < -0.3 is 4.43 Å². The lowest BCUT2D eigenvalue weighted by Crippen LogP contribution is -2.40. The van der Waals surface area contributed by atoms with Gasteiger partial charge in [0.2, 0.25) is 0 Å². The minimum Gasteiger partial charge on any atom is -0.417 e. The summed E-state index contributed by atoms with van der Waals surface area (Å²) >= 11 is 0. The Kier molecular flexibility index (Phi) is 8.12. The Morgan fingerprint density at radius 2 is 1.64 bits per heavy atom. The molecule has 0 spiro atoms. The molecule has 0 aromatic heterocycles. The fraction of sp³-hybridized carbons (Fsp3) is 0.600. The van der Waals surface area contributed by atoms with Gasteiger partial charge >= 0.3 is 0 Å². The van der Waals surface area contributed by atoms with Gasteiger partial charge in [-0.05, 0) is 49.4 Å². The summed E-state index contributed by atoms with van der Waals surface area (Å²) in [5, 5.41) is 0.327. The lowest BCUT2D eigenvalue weighted by molar-refractivity contribution is 0.278. The van der Waals surface area contributed by atoms with Crippen molar-refractivity contribution in [3.63, 3.8) is 0 Å². The highest BCUT2D eigenvalue weighted by Gasteiger charge is 2.36.